The molecule has 15 heavy (non-hydrogen) atoms. The van der Waals surface area contributed by atoms with Gasteiger partial charge in [-0.05, 0) is 24.1 Å². The second-order valence-corrected chi connectivity index (χ2v) is 3.90. The number of hydrogen-bond donors (Lipinski definition) is 0. The molecule has 0 radical (unpaired) electrons. The molecule has 1 unspecified atom stereocenters. The standard InChI is InChI=1S/C12H12ClNO/c1-2-9-8-14(12(15)11(9)13)10-6-4-3-5-7-10/h3-8,11H,2H2,1H3. The van der Waals surface area contributed by atoms with Gasteiger partial charge < -0.3 is 0 Å². The SMILES string of the molecule is CCC1=CN(c2ccccc2)C(=O)C1Cl. The van der Waals surface area contributed by atoms with E-state index in [1.165, 1.54) is 0 Å². The first-order valence-electron chi connectivity index (χ1n) is 4.97. The molecule has 0 saturated carbocycles. The normalized spacial score (nSPS) is 20.7. The fourth-order valence-electron chi connectivity index (χ4n) is 1.64. The summed E-state index contributed by atoms with van der Waals surface area (Å²) in [4.78, 5) is 13.4. The molecular weight excluding hydrogens is 210 g/mol. The number of amides is 1. The van der Waals surface area contributed by atoms with Gasteiger partial charge in [-0.3, -0.25) is 9.69 Å². The lowest BCUT2D eigenvalue weighted by Gasteiger charge is -2.13. The van der Waals surface area contributed by atoms with Crippen LogP contribution in [0.1, 0.15) is 13.3 Å². The zero-order valence-corrected chi connectivity index (χ0v) is 9.24. The van der Waals surface area contributed by atoms with Gasteiger partial charge in [0.15, 0.2) is 0 Å². The summed E-state index contributed by atoms with van der Waals surface area (Å²) in [6, 6.07) is 9.53. The van der Waals surface area contributed by atoms with Crippen LogP contribution in [0.5, 0.6) is 0 Å². The third kappa shape index (κ3) is 1.77. The number of benzene rings is 1. The Morgan fingerprint density at radius 3 is 2.53 bits per heavy atom. The maximum absolute atomic E-state index is 11.8. The van der Waals surface area contributed by atoms with Crippen molar-refractivity contribution in [2.24, 2.45) is 0 Å². The molecule has 0 bridgehead atoms. The van der Waals surface area contributed by atoms with E-state index < -0.39 is 5.38 Å². The van der Waals surface area contributed by atoms with Crippen molar-refractivity contribution in [3.63, 3.8) is 0 Å². The summed E-state index contributed by atoms with van der Waals surface area (Å²) in [6.07, 6.45) is 2.65. The Bertz CT molecular complexity index is 399. The van der Waals surface area contributed by atoms with Crippen LogP contribution in [0.4, 0.5) is 5.69 Å². The Morgan fingerprint density at radius 1 is 1.33 bits per heavy atom. The van der Waals surface area contributed by atoms with Gasteiger partial charge in [0.2, 0.25) is 0 Å². The number of alkyl halides is 1. The highest BCUT2D eigenvalue weighted by molar-refractivity contribution is 6.36. The summed E-state index contributed by atoms with van der Waals surface area (Å²) in [5.74, 6) is -0.0558. The van der Waals surface area contributed by atoms with Gasteiger partial charge in [-0.1, -0.05) is 25.1 Å². The van der Waals surface area contributed by atoms with E-state index in [-0.39, 0.29) is 5.91 Å². The average Bonchev–Trinajstić information content (AvgIpc) is 2.57. The van der Waals surface area contributed by atoms with E-state index in [0.29, 0.717) is 0 Å². The molecule has 1 aliphatic heterocycles. The predicted octanol–water partition coefficient (Wildman–Crippen LogP) is 2.93. The molecule has 0 saturated heterocycles. The highest BCUT2D eigenvalue weighted by Gasteiger charge is 2.31. The maximum atomic E-state index is 11.8. The quantitative estimate of drug-likeness (QED) is 0.704. The molecule has 2 nitrogen and oxygen atoms in total. The fraction of sp³-hybridized carbons (Fsp3) is 0.250. The zero-order chi connectivity index (χ0) is 10.8. The average molecular weight is 222 g/mol. The number of carbonyl (C=O) groups is 1. The highest BCUT2D eigenvalue weighted by Crippen LogP contribution is 2.28. The maximum Gasteiger partial charge on any atom is 0.253 e. The highest BCUT2D eigenvalue weighted by atomic mass is 35.5. The van der Waals surface area contributed by atoms with Crippen molar-refractivity contribution < 1.29 is 4.79 Å². The van der Waals surface area contributed by atoms with Gasteiger partial charge in [0.25, 0.3) is 5.91 Å². The lowest BCUT2D eigenvalue weighted by Crippen LogP contribution is -2.26. The summed E-state index contributed by atoms with van der Waals surface area (Å²) >= 11 is 6.01. The van der Waals surface area contributed by atoms with E-state index in [9.17, 15) is 4.79 Å². The largest absolute Gasteiger partial charge is 0.286 e. The van der Waals surface area contributed by atoms with Crippen LogP contribution in [0.3, 0.4) is 0 Å². The van der Waals surface area contributed by atoms with E-state index in [1.807, 2.05) is 43.5 Å². The summed E-state index contributed by atoms with van der Waals surface area (Å²) in [5, 5.41) is -0.491. The third-order valence-corrected chi connectivity index (χ3v) is 2.98. The summed E-state index contributed by atoms with van der Waals surface area (Å²) < 4.78 is 0. The van der Waals surface area contributed by atoms with Crippen molar-refractivity contribution >= 4 is 23.2 Å². The topological polar surface area (TPSA) is 20.3 Å². The molecule has 0 aromatic heterocycles. The first-order chi connectivity index (χ1) is 7.24. The smallest absolute Gasteiger partial charge is 0.253 e. The minimum Gasteiger partial charge on any atom is -0.286 e. The van der Waals surface area contributed by atoms with Crippen molar-refractivity contribution in [1.82, 2.24) is 0 Å². The minimum atomic E-state index is -0.491. The van der Waals surface area contributed by atoms with E-state index in [0.717, 1.165) is 17.7 Å². The first kappa shape index (κ1) is 10.2. The van der Waals surface area contributed by atoms with Crippen molar-refractivity contribution in [3.8, 4) is 0 Å². The van der Waals surface area contributed by atoms with Crippen molar-refractivity contribution in [2.45, 2.75) is 18.7 Å². The van der Waals surface area contributed by atoms with E-state index >= 15 is 0 Å². The fourth-order valence-corrected chi connectivity index (χ4v) is 1.95. The van der Waals surface area contributed by atoms with Crippen molar-refractivity contribution in [3.05, 3.63) is 42.1 Å². The Balaban J connectivity index is 2.33. The summed E-state index contributed by atoms with van der Waals surface area (Å²) in [7, 11) is 0. The van der Waals surface area contributed by atoms with E-state index in [2.05, 4.69) is 0 Å². The Kier molecular flexibility index (Phi) is 2.78. The molecule has 1 amide bonds. The number of nitrogens with zero attached hydrogens (tertiary/aromatic N) is 1. The third-order valence-electron chi connectivity index (χ3n) is 2.52. The van der Waals surface area contributed by atoms with Gasteiger partial charge >= 0.3 is 0 Å². The van der Waals surface area contributed by atoms with Crippen LogP contribution in [0.15, 0.2) is 42.1 Å². The van der Waals surface area contributed by atoms with Gasteiger partial charge in [-0.25, -0.2) is 0 Å². The van der Waals surface area contributed by atoms with Gasteiger partial charge in [-0.15, -0.1) is 11.6 Å². The molecule has 0 spiro atoms. The van der Waals surface area contributed by atoms with Gasteiger partial charge in [0, 0.05) is 11.9 Å². The summed E-state index contributed by atoms with van der Waals surface area (Å²) in [6.45, 7) is 2.00. The number of para-hydroxylation sites is 1. The van der Waals surface area contributed by atoms with Crippen LogP contribution in [0.2, 0.25) is 0 Å². The van der Waals surface area contributed by atoms with Gasteiger partial charge in [0.05, 0.1) is 0 Å². The van der Waals surface area contributed by atoms with Gasteiger partial charge in [0.1, 0.15) is 5.38 Å². The van der Waals surface area contributed by atoms with Crippen LogP contribution in [-0.4, -0.2) is 11.3 Å². The molecule has 1 aromatic carbocycles. The second-order valence-electron chi connectivity index (χ2n) is 3.46. The molecule has 0 fully saturated rings. The molecular formula is C12H12ClNO. The molecule has 78 valence electrons. The Labute approximate surface area is 94.2 Å². The minimum absolute atomic E-state index is 0.0558. The molecule has 1 atom stereocenters. The molecule has 0 aliphatic carbocycles. The van der Waals surface area contributed by atoms with Crippen LogP contribution in [0, 0.1) is 0 Å². The molecule has 0 N–H and O–H groups in total. The van der Waals surface area contributed by atoms with E-state index in [1.54, 1.807) is 4.90 Å². The Morgan fingerprint density at radius 2 is 2.00 bits per heavy atom. The molecule has 1 heterocycles. The number of rotatable bonds is 2. The first-order valence-corrected chi connectivity index (χ1v) is 5.40. The van der Waals surface area contributed by atoms with Crippen molar-refractivity contribution in [2.75, 3.05) is 4.90 Å². The lowest BCUT2D eigenvalue weighted by molar-refractivity contribution is -0.116. The molecule has 1 aliphatic rings. The number of halogens is 1. The number of anilines is 1. The van der Waals surface area contributed by atoms with E-state index in [4.69, 9.17) is 11.6 Å². The van der Waals surface area contributed by atoms with Crippen LogP contribution in [0.25, 0.3) is 0 Å². The number of carbonyl (C=O) groups excluding carboxylic acids is 1. The molecule has 1 aromatic rings. The zero-order valence-electron chi connectivity index (χ0n) is 8.48. The molecule has 2 rings (SSSR count). The van der Waals surface area contributed by atoms with Crippen LogP contribution in [-0.2, 0) is 4.79 Å². The number of hydrogen-bond acceptors (Lipinski definition) is 1. The second kappa shape index (κ2) is 4.07. The predicted molar refractivity (Wildman–Crippen MR) is 61.9 cm³/mol. The Hall–Kier alpha value is -1.28. The summed E-state index contributed by atoms with van der Waals surface area (Å²) in [5.41, 5.74) is 1.85. The lowest BCUT2D eigenvalue weighted by atomic mass is 10.2. The van der Waals surface area contributed by atoms with Crippen molar-refractivity contribution in [1.29, 1.82) is 0 Å². The monoisotopic (exact) mass is 221 g/mol. The van der Waals surface area contributed by atoms with Crippen LogP contribution < -0.4 is 4.90 Å². The van der Waals surface area contributed by atoms with Crippen LogP contribution >= 0.6 is 11.6 Å². The molecule has 3 heteroatoms. The van der Waals surface area contributed by atoms with Gasteiger partial charge in [-0.2, -0.15) is 0 Å².